The summed E-state index contributed by atoms with van der Waals surface area (Å²) >= 11 is 1.47. The van der Waals surface area contributed by atoms with Gasteiger partial charge in [0, 0.05) is 23.8 Å². The van der Waals surface area contributed by atoms with Gasteiger partial charge in [-0.2, -0.15) is 11.3 Å². The van der Waals surface area contributed by atoms with Crippen LogP contribution in [0.1, 0.15) is 49.8 Å². The van der Waals surface area contributed by atoms with Crippen molar-refractivity contribution in [1.82, 2.24) is 0 Å². The number of aliphatic hydroxyl groups is 1. The number of non-ortho nitro benzene ring substituents is 1. The molecule has 2 heterocycles. The van der Waals surface area contributed by atoms with Crippen LogP contribution in [0.15, 0.2) is 57.4 Å². The molecule has 34 heavy (non-hydrogen) atoms. The van der Waals surface area contributed by atoms with Crippen molar-refractivity contribution < 1.29 is 29.1 Å². The fourth-order valence-corrected chi connectivity index (χ4v) is 4.81. The van der Waals surface area contributed by atoms with Crippen molar-refractivity contribution in [2.45, 2.75) is 38.7 Å². The molecule has 3 unspecified atom stereocenters. The molecule has 1 N–H and O–H groups in total. The Kier molecular flexibility index (Phi) is 8.30. The zero-order valence-electron chi connectivity index (χ0n) is 19.1. The number of aliphatic imine (C=N–C) groups is 1. The maximum Gasteiger partial charge on any atom is 0.336 e. The molecular weight excluding hydrogens is 460 g/mol. The summed E-state index contributed by atoms with van der Waals surface area (Å²) in [5, 5.41) is 25.7. The molecule has 3 rings (SSSR count). The highest BCUT2D eigenvalue weighted by atomic mass is 32.1. The minimum atomic E-state index is -0.961. The minimum Gasteiger partial charge on any atom is -0.468 e. The largest absolute Gasteiger partial charge is 0.468 e. The number of esters is 2. The van der Waals surface area contributed by atoms with Crippen LogP contribution in [0.2, 0.25) is 0 Å². The molecule has 0 saturated heterocycles. The Hall–Kier alpha value is -3.37. The van der Waals surface area contributed by atoms with E-state index in [9.17, 15) is 24.8 Å². The summed E-state index contributed by atoms with van der Waals surface area (Å²) in [4.78, 5) is 41.4. The third kappa shape index (κ3) is 5.40. The van der Waals surface area contributed by atoms with Crippen LogP contribution in [0, 0.1) is 16.0 Å². The summed E-state index contributed by atoms with van der Waals surface area (Å²) in [6.45, 7) is 3.42. The molecule has 1 aromatic heterocycles. The Morgan fingerprint density at radius 3 is 2.71 bits per heavy atom. The minimum absolute atomic E-state index is 0.0976. The van der Waals surface area contributed by atoms with E-state index in [1.54, 1.807) is 19.9 Å². The summed E-state index contributed by atoms with van der Waals surface area (Å²) in [5.74, 6) is -3.13. The molecule has 2 aromatic rings. The number of aliphatic hydroxyl groups excluding tert-OH is 1. The molecule has 1 aliphatic heterocycles. The summed E-state index contributed by atoms with van der Waals surface area (Å²) < 4.78 is 10.3. The zero-order valence-corrected chi connectivity index (χ0v) is 19.9. The number of ether oxygens (including phenoxy) is 2. The Bertz CT molecular complexity index is 1120. The van der Waals surface area contributed by atoms with Gasteiger partial charge in [-0.25, -0.2) is 4.79 Å². The molecule has 0 amide bonds. The first-order valence-corrected chi connectivity index (χ1v) is 11.7. The van der Waals surface area contributed by atoms with Crippen molar-refractivity contribution >= 4 is 34.7 Å². The van der Waals surface area contributed by atoms with Crippen molar-refractivity contribution in [3.63, 3.8) is 0 Å². The summed E-state index contributed by atoms with van der Waals surface area (Å²) in [6, 6.07) is 7.64. The van der Waals surface area contributed by atoms with Crippen molar-refractivity contribution in [1.29, 1.82) is 0 Å². The standard InChI is InChI=1S/C24H26N2O7S/c1-4-33-24(29)22-18(8-9-19(27)16-10-11-34-13-16)25-14(2)20(23(28)32-3)21(22)15-6-5-7-17(12-15)26(30)31/h5-7,10-13,19-21,27H,4,8-9H2,1-3H3. The van der Waals surface area contributed by atoms with Gasteiger partial charge in [0.1, 0.15) is 5.92 Å². The Morgan fingerprint density at radius 2 is 2.09 bits per heavy atom. The van der Waals surface area contributed by atoms with Gasteiger partial charge in [-0.05, 0) is 54.6 Å². The fourth-order valence-electron chi connectivity index (χ4n) is 4.10. The maximum absolute atomic E-state index is 13.2. The van der Waals surface area contributed by atoms with E-state index < -0.39 is 34.8 Å². The van der Waals surface area contributed by atoms with Gasteiger partial charge in [0.2, 0.25) is 0 Å². The molecule has 0 saturated carbocycles. The highest BCUT2D eigenvalue weighted by Gasteiger charge is 2.43. The van der Waals surface area contributed by atoms with Crippen LogP contribution in [0.3, 0.4) is 0 Å². The highest BCUT2D eigenvalue weighted by Crippen LogP contribution is 2.42. The van der Waals surface area contributed by atoms with Crippen LogP contribution < -0.4 is 0 Å². The lowest BCUT2D eigenvalue weighted by atomic mass is 9.75. The Labute approximate surface area is 200 Å². The normalized spacial score (nSPS) is 18.8. The number of hydrogen-bond donors (Lipinski definition) is 1. The van der Waals surface area contributed by atoms with E-state index in [4.69, 9.17) is 9.47 Å². The van der Waals surface area contributed by atoms with E-state index in [0.717, 1.165) is 5.56 Å². The van der Waals surface area contributed by atoms with Gasteiger partial charge in [0.25, 0.3) is 5.69 Å². The van der Waals surface area contributed by atoms with Gasteiger partial charge in [-0.15, -0.1) is 0 Å². The van der Waals surface area contributed by atoms with E-state index in [2.05, 4.69) is 4.99 Å². The predicted octanol–water partition coefficient (Wildman–Crippen LogP) is 4.33. The second kappa shape index (κ2) is 11.2. The average Bonchev–Trinajstić information content (AvgIpc) is 3.37. The van der Waals surface area contributed by atoms with Gasteiger partial charge in [-0.1, -0.05) is 12.1 Å². The number of methoxy groups -OCH3 is 1. The smallest absolute Gasteiger partial charge is 0.336 e. The number of carbonyl (C=O) groups excluding carboxylic acids is 2. The molecule has 0 aliphatic carbocycles. The topological polar surface area (TPSA) is 128 Å². The first-order valence-electron chi connectivity index (χ1n) is 10.8. The van der Waals surface area contributed by atoms with Gasteiger partial charge < -0.3 is 14.6 Å². The second-order valence-electron chi connectivity index (χ2n) is 7.78. The third-order valence-electron chi connectivity index (χ3n) is 5.69. The molecule has 1 aromatic carbocycles. The average molecular weight is 487 g/mol. The maximum atomic E-state index is 13.2. The fraction of sp³-hybridized carbons (Fsp3) is 0.375. The molecule has 0 fully saturated rings. The number of nitro benzene ring substituents is 1. The molecule has 9 nitrogen and oxygen atoms in total. The molecule has 0 radical (unpaired) electrons. The van der Waals surface area contributed by atoms with E-state index in [1.807, 2.05) is 16.8 Å². The van der Waals surface area contributed by atoms with Crippen LogP contribution in [-0.2, 0) is 19.1 Å². The SMILES string of the molecule is CCOC(=O)C1=C(CCC(O)c2ccsc2)N=C(C)C(C(=O)OC)C1c1cccc([N+](=O)[O-])c1. The summed E-state index contributed by atoms with van der Waals surface area (Å²) in [6.07, 6.45) is -0.231. The number of allylic oxidation sites excluding steroid dienone is 1. The van der Waals surface area contributed by atoms with Crippen LogP contribution in [0.25, 0.3) is 0 Å². The lowest BCUT2D eigenvalue weighted by Gasteiger charge is -2.32. The van der Waals surface area contributed by atoms with Crippen LogP contribution in [0.4, 0.5) is 5.69 Å². The lowest BCUT2D eigenvalue weighted by molar-refractivity contribution is -0.384. The van der Waals surface area contributed by atoms with Crippen LogP contribution >= 0.6 is 11.3 Å². The van der Waals surface area contributed by atoms with Gasteiger partial charge in [-0.3, -0.25) is 19.9 Å². The first kappa shape index (κ1) is 25.3. The van der Waals surface area contributed by atoms with E-state index in [-0.39, 0.29) is 30.7 Å². The van der Waals surface area contributed by atoms with E-state index in [0.29, 0.717) is 17.0 Å². The van der Waals surface area contributed by atoms with E-state index in [1.165, 1.54) is 36.6 Å². The molecule has 10 heteroatoms. The summed E-state index contributed by atoms with van der Waals surface area (Å²) in [7, 11) is 1.24. The third-order valence-corrected chi connectivity index (χ3v) is 6.39. The van der Waals surface area contributed by atoms with Crippen molar-refractivity contribution in [2.24, 2.45) is 10.9 Å². The number of hydrogen-bond acceptors (Lipinski definition) is 9. The van der Waals surface area contributed by atoms with Crippen LogP contribution in [-0.4, -0.2) is 41.4 Å². The highest BCUT2D eigenvalue weighted by molar-refractivity contribution is 7.07. The lowest BCUT2D eigenvalue weighted by Crippen LogP contribution is -2.36. The Balaban J connectivity index is 2.13. The quantitative estimate of drug-likeness (QED) is 0.317. The number of benzene rings is 1. The molecular formula is C24H26N2O7S. The van der Waals surface area contributed by atoms with Crippen molar-refractivity contribution in [3.8, 4) is 0 Å². The number of nitrogens with zero attached hydrogens (tertiary/aromatic N) is 2. The van der Waals surface area contributed by atoms with E-state index >= 15 is 0 Å². The summed E-state index contributed by atoms with van der Waals surface area (Å²) in [5.41, 5.74) is 1.93. The number of nitro groups is 1. The molecule has 1 aliphatic rings. The molecule has 180 valence electrons. The number of carbonyl (C=O) groups is 2. The van der Waals surface area contributed by atoms with Crippen LogP contribution in [0.5, 0.6) is 0 Å². The van der Waals surface area contributed by atoms with Gasteiger partial charge >= 0.3 is 11.9 Å². The molecule has 0 bridgehead atoms. The zero-order chi connectivity index (χ0) is 24.8. The number of thiophene rings is 1. The first-order chi connectivity index (χ1) is 16.3. The monoisotopic (exact) mass is 486 g/mol. The Morgan fingerprint density at radius 1 is 1.32 bits per heavy atom. The molecule has 3 atom stereocenters. The predicted molar refractivity (Wildman–Crippen MR) is 127 cm³/mol. The van der Waals surface area contributed by atoms with Gasteiger partial charge in [0.15, 0.2) is 0 Å². The van der Waals surface area contributed by atoms with Crippen molar-refractivity contribution in [2.75, 3.05) is 13.7 Å². The van der Waals surface area contributed by atoms with Gasteiger partial charge in [0.05, 0.1) is 36.0 Å². The van der Waals surface area contributed by atoms with Crippen molar-refractivity contribution in [3.05, 3.63) is 73.6 Å². The second-order valence-corrected chi connectivity index (χ2v) is 8.56. The molecule has 0 spiro atoms. The number of rotatable bonds is 9.